The fourth-order valence-corrected chi connectivity index (χ4v) is 4.58. The van der Waals surface area contributed by atoms with E-state index in [9.17, 15) is 9.59 Å². The summed E-state index contributed by atoms with van der Waals surface area (Å²) in [7, 11) is 0. The van der Waals surface area contributed by atoms with Gasteiger partial charge in [-0.15, -0.1) is 5.10 Å². The van der Waals surface area contributed by atoms with Crippen molar-refractivity contribution in [1.29, 1.82) is 0 Å². The minimum absolute atomic E-state index is 0.163. The lowest BCUT2D eigenvalue weighted by molar-refractivity contribution is 0.494. The molecule has 37 heavy (non-hydrogen) atoms. The van der Waals surface area contributed by atoms with Gasteiger partial charge < -0.3 is 4.57 Å². The van der Waals surface area contributed by atoms with Gasteiger partial charge in [0.1, 0.15) is 12.2 Å². The molecule has 5 aromatic rings. The van der Waals surface area contributed by atoms with E-state index in [1.54, 1.807) is 11.0 Å². The van der Waals surface area contributed by atoms with Crippen molar-refractivity contribution >= 4 is 11.2 Å². The van der Waals surface area contributed by atoms with Crippen LogP contribution in [0.1, 0.15) is 45.0 Å². The molecule has 2 aromatic carbocycles. The van der Waals surface area contributed by atoms with Gasteiger partial charge in [-0.25, -0.2) is 9.78 Å². The van der Waals surface area contributed by atoms with Crippen molar-refractivity contribution in [3.8, 4) is 16.8 Å². The summed E-state index contributed by atoms with van der Waals surface area (Å²) >= 11 is 0. The third-order valence-electron chi connectivity index (χ3n) is 6.37. The molecule has 0 radical (unpaired) electrons. The van der Waals surface area contributed by atoms with Crippen molar-refractivity contribution in [2.24, 2.45) is 5.92 Å². The number of fused-ring (bicyclic) bond motifs is 1. The number of aromatic amines is 1. The van der Waals surface area contributed by atoms with Crippen LogP contribution in [-0.2, 0) is 19.5 Å². The number of benzene rings is 2. The first-order chi connectivity index (χ1) is 18.0. The molecule has 0 fully saturated rings. The van der Waals surface area contributed by atoms with E-state index in [-0.39, 0.29) is 11.5 Å². The highest BCUT2D eigenvalue weighted by Gasteiger charge is 2.19. The maximum atomic E-state index is 13.4. The Labute approximate surface area is 213 Å². The van der Waals surface area contributed by atoms with Gasteiger partial charge in [-0.1, -0.05) is 69.7 Å². The van der Waals surface area contributed by atoms with E-state index in [4.69, 9.17) is 0 Å². The standard InChI is InChI=1S/C27H30N8O2/c1-4-5-10-23-29-25-24(26(36)34(15-18(2)3)27(37)30-25)33(23)16-19-11-13-20(14-12-19)21-8-6-7-9-22(21)35-17-28-31-32-35/h6-9,11-14,17-18H,4-5,10,15-16H2,1-3H3,(H,30,37). The summed E-state index contributed by atoms with van der Waals surface area (Å²) in [5.74, 6) is 0.968. The Hall–Kier alpha value is -4.34. The van der Waals surface area contributed by atoms with Crippen molar-refractivity contribution in [1.82, 2.24) is 39.3 Å². The van der Waals surface area contributed by atoms with Crippen molar-refractivity contribution < 1.29 is 0 Å². The topological polar surface area (TPSA) is 116 Å². The van der Waals surface area contributed by atoms with Crippen LogP contribution in [-0.4, -0.2) is 39.3 Å². The molecule has 0 bridgehead atoms. The van der Waals surface area contributed by atoms with Gasteiger partial charge in [0, 0.05) is 25.1 Å². The van der Waals surface area contributed by atoms with Crippen LogP contribution in [0.3, 0.4) is 0 Å². The molecule has 5 rings (SSSR count). The summed E-state index contributed by atoms with van der Waals surface area (Å²) in [6, 6.07) is 16.2. The quantitative estimate of drug-likeness (QED) is 0.332. The number of nitrogens with zero attached hydrogens (tertiary/aromatic N) is 7. The molecule has 0 spiro atoms. The third kappa shape index (κ3) is 4.87. The van der Waals surface area contributed by atoms with Crippen molar-refractivity contribution in [3.05, 3.63) is 87.1 Å². The first-order valence-electron chi connectivity index (χ1n) is 12.6. The maximum Gasteiger partial charge on any atom is 0.330 e. The summed E-state index contributed by atoms with van der Waals surface area (Å²) < 4.78 is 4.89. The summed E-state index contributed by atoms with van der Waals surface area (Å²) in [5, 5.41) is 11.5. The number of para-hydroxylation sites is 1. The molecule has 3 aromatic heterocycles. The first-order valence-corrected chi connectivity index (χ1v) is 12.6. The summed E-state index contributed by atoms with van der Waals surface area (Å²) in [6.45, 7) is 6.93. The number of hydrogen-bond donors (Lipinski definition) is 1. The highest BCUT2D eigenvalue weighted by atomic mass is 16.2. The number of rotatable bonds is 9. The Bertz CT molecular complexity index is 1630. The van der Waals surface area contributed by atoms with Gasteiger partial charge in [-0.2, -0.15) is 4.68 Å². The van der Waals surface area contributed by atoms with Gasteiger partial charge in [0.25, 0.3) is 5.56 Å². The van der Waals surface area contributed by atoms with E-state index in [1.165, 1.54) is 4.57 Å². The number of tetrazole rings is 1. The monoisotopic (exact) mass is 498 g/mol. The molecule has 0 saturated heterocycles. The van der Waals surface area contributed by atoms with E-state index in [0.29, 0.717) is 24.3 Å². The van der Waals surface area contributed by atoms with E-state index < -0.39 is 5.69 Å². The summed E-state index contributed by atoms with van der Waals surface area (Å²) in [4.78, 5) is 33.5. The molecule has 0 saturated carbocycles. The zero-order valence-corrected chi connectivity index (χ0v) is 21.3. The van der Waals surface area contributed by atoms with E-state index in [1.807, 2.05) is 42.7 Å². The second-order valence-electron chi connectivity index (χ2n) is 9.62. The lowest BCUT2D eigenvalue weighted by Gasteiger charge is -2.12. The lowest BCUT2D eigenvalue weighted by atomic mass is 10.0. The SMILES string of the molecule is CCCCc1nc2[nH]c(=O)n(CC(C)C)c(=O)c2n1Cc1ccc(-c2ccccc2-n2cnnn2)cc1. The van der Waals surface area contributed by atoms with Crippen LogP contribution >= 0.6 is 0 Å². The van der Waals surface area contributed by atoms with Crippen molar-refractivity contribution in [3.63, 3.8) is 0 Å². The summed E-state index contributed by atoms with van der Waals surface area (Å²) in [5.41, 5.74) is 4.04. The molecule has 10 nitrogen and oxygen atoms in total. The second kappa shape index (κ2) is 10.3. The largest absolute Gasteiger partial charge is 0.330 e. The highest BCUT2D eigenvalue weighted by Crippen LogP contribution is 2.27. The molecule has 1 N–H and O–H groups in total. The number of hydrogen-bond acceptors (Lipinski definition) is 6. The van der Waals surface area contributed by atoms with E-state index >= 15 is 0 Å². The predicted molar refractivity (Wildman–Crippen MR) is 142 cm³/mol. The molecule has 0 aliphatic rings. The Morgan fingerprint density at radius 2 is 1.78 bits per heavy atom. The van der Waals surface area contributed by atoms with Crippen LogP contribution in [0.5, 0.6) is 0 Å². The highest BCUT2D eigenvalue weighted by molar-refractivity contribution is 5.73. The van der Waals surface area contributed by atoms with Gasteiger partial charge in [-0.3, -0.25) is 14.3 Å². The third-order valence-corrected chi connectivity index (χ3v) is 6.37. The normalized spacial score (nSPS) is 11.6. The number of nitrogens with one attached hydrogen (secondary N) is 1. The lowest BCUT2D eigenvalue weighted by Crippen LogP contribution is -2.37. The van der Waals surface area contributed by atoms with Crippen LogP contribution in [0, 0.1) is 5.92 Å². The zero-order chi connectivity index (χ0) is 25.9. The predicted octanol–water partition coefficient (Wildman–Crippen LogP) is 3.58. The molecule has 0 aliphatic heterocycles. The minimum Gasteiger partial charge on any atom is -0.318 e. The Morgan fingerprint density at radius 3 is 2.49 bits per heavy atom. The number of aryl methyl sites for hydroxylation is 1. The van der Waals surface area contributed by atoms with Crippen molar-refractivity contribution in [2.75, 3.05) is 0 Å². The van der Waals surface area contributed by atoms with Crippen LogP contribution in [0.25, 0.3) is 28.0 Å². The van der Waals surface area contributed by atoms with Gasteiger partial charge in [0.15, 0.2) is 11.2 Å². The number of unbranched alkanes of at least 4 members (excludes halogenated alkanes) is 1. The fraction of sp³-hybridized carbons (Fsp3) is 0.333. The Morgan fingerprint density at radius 1 is 1.00 bits per heavy atom. The van der Waals surface area contributed by atoms with Crippen LogP contribution in [0.2, 0.25) is 0 Å². The second-order valence-corrected chi connectivity index (χ2v) is 9.62. The first kappa shape index (κ1) is 24.4. The molecule has 10 heteroatoms. The molecule has 190 valence electrons. The van der Waals surface area contributed by atoms with Gasteiger partial charge in [-0.05, 0) is 40.0 Å². The smallest absolute Gasteiger partial charge is 0.318 e. The molecular weight excluding hydrogens is 468 g/mol. The minimum atomic E-state index is -0.413. The van der Waals surface area contributed by atoms with Gasteiger partial charge in [0.05, 0.1) is 5.69 Å². The summed E-state index contributed by atoms with van der Waals surface area (Å²) in [6.07, 6.45) is 4.26. The van der Waals surface area contributed by atoms with Crippen molar-refractivity contribution in [2.45, 2.75) is 53.1 Å². The molecular formula is C27H30N8O2. The molecule has 0 aliphatic carbocycles. The number of H-pyrrole nitrogens is 1. The molecule has 3 heterocycles. The van der Waals surface area contributed by atoms with Gasteiger partial charge >= 0.3 is 5.69 Å². The van der Waals surface area contributed by atoms with E-state index in [2.05, 4.69) is 56.7 Å². The average Bonchev–Trinajstić information content (AvgIpc) is 3.54. The molecule has 0 atom stereocenters. The van der Waals surface area contributed by atoms with Crippen LogP contribution < -0.4 is 11.2 Å². The zero-order valence-electron chi connectivity index (χ0n) is 21.3. The Balaban J connectivity index is 1.54. The number of imidazole rings is 1. The van der Waals surface area contributed by atoms with E-state index in [0.717, 1.165) is 47.5 Å². The fourth-order valence-electron chi connectivity index (χ4n) is 4.58. The van der Waals surface area contributed by atoms with Crippen LogP contribution in [0.15, 0.2) is 64.4 Å². The molecule has 0 unspecified atom stereocenters. The number of aromatic nitrogens is 8. The van der Waals surface area contributed by atoms with Crippen LogP contribution in [0.4, 0.5) is 0 Å². The van der Waals surface area contributed by atoms with Gasteiger partial charge in [0.2, 0.25) is 0 Å². The maximum absolute atomic E-state index is 13.4. The average molecular weight is 499 g/mol. The Kier molecular flexibility index (Phi) is 6.80. The molecule has 0 amide bonds.